The fourth-order valence-electron chi connectivity index (χ4n) is 3.61. The number of hydrogen-bond donors (Lipinski definition) is 0. The largest absolute Gasteiger partial charge is 0.459 e. The Labute approximate surface area is 167 Å². The quantitative estimate of drug-likeness (QED) is 0.768. The summed E-state index contributed by atoms with van der Waals surface area (Å²) in [5.41, 5.74) is 0.824. The molecular formula is C20H22FN3O3S. The number of rotatable bonds is 5. The van der Waals surface area contributed by atoms with Gasteiger partial charge >= 0.3 is 0 Å². The molecule has 2 aliphatic rings. The van der Waals surface area contributed by atoms with Crippen LogP contribution < -0.4 is 0 Å². The van der Waals surface area contributed by atoms with Crippen molar-refractivity contribution in [3.8, 4) is 0 Å². The molecule has 0 radical (unpaired) electrons. The third-order valence-corrected chi connectivity index (χ3v) is 6.41. The smallest absolute Gasteiger partial charge is 0.289 e. The van der Waals surface area contributed by atoms with Crippen molar-refractivity contribution in [3.05, 3.63) is 59.8 Å². The normalized spacial score (nSPS) is 20.8. The van der Waals surface area contributed by atoms with Gasteiger partial charge in [0.05, 0.1) is 12.0 Å². The molecular weight excluding hydrogens is 381 g/mol. The molecule has 0 saturated carbocycles. The van der Waals surface area contributed by atoms with Gasteiger partial charge in [0.1, 0.15) is 11.2 Å². The standard InChI is InChI=1S/C20H22FN3O3S/c21-16-4-1-3-15(13-16)20-24(18(25)14-28-20)11-8-22-6-9-23(10-7-22)19(26)17-5-2-12-27-17/h1-5,12-13,20H,6-11,14H2. The second-order valence-electron chi connectivity index (χ2n) is 6.92. The Balaban J connectivity index is 1.30. The van der Waals surface area contributed by atoms with Crippen molar-refractivity contribution in [1.29, 1.82) is 0 Å². The molecule has 3 heterocycles. The summed E-state index contributed by atoms with van der Waals surface area (Å²) < 4.78 is 18.8. The summed E-state index contributed by atoms with van der Waals surface area (Å²) >= 11 is 1.54. The molecule has 2 aromatic rings. The number of hydrogen-bond acceptors (Lipinski definition) is 5. The number of amides is 2. The highest BCUT2D eigenvalue weighted by molar-refractivity contribution is 8.00. The average molecular weight is 403 g/mol. The van der Waals surface area contributed by atoms with Crippen molar-refractivity contribution < 1.29 is 18.4 Å². The van der Waals surface area contributed by atoms with Crippen LogP contribution in [0.25, 0.3) is 0 Å². The van der Waals surface area contributed by atoms with Gasteiger partial charge in [0.2, 0.25) is 5.91 Å². The van der Waals surface area contributed by atoms with Gasteiger partial charge in [0.15, 0.2) is 5.76 Å². The number of piperazine rings is 1. The highest BCUT2D eigenvalue weighted by Gasteiger charge is 2.33. The minimum atomic E-state index is -0.283. The summed E-state index contributed by atoms with van der Waals surface area (Å²) in [7, 11) is 0. The first kappa shape index (κ1) is 19.0. The van der Waals surface area contributed by atoms with E-state index in [1.165, 1.54) is 30.2 Å². The molecule has 28 heavy (non-hydrogen) atoms. The van der Waals surface area contributed by atoms with Gasteiger partial charge in [-0.25, -0.2) is 4.39 Å². The van der Waals surface area contributed by atoms with Crippen LogP contribution in [0.1, 0.15) is 21.5 Å². The van der Waals surface area contributed by atoms with Crippen LogP contribution in [0.3, 0.4) is 0 Å². The molecule has 0 bridgehead atoms. The van der Waals surface area contributed by atoms with Crippen LogP contribution in [0, 0.1) is 5.82 Å². The van der Waals surface area contributed by atoms with E-state index in [-0.39, 0.29) is 23.0 Å². The number of furan rings is 1. The molecule has 148 valence electrons. The molecule has 2 amide bonds. The van der Waals surface area contributed by atoms with Crippen molar-refractivity contribution in [2.75, 3.05) is 45.0 Å². The maximum Gasteiger partial charge on any atom is 0.289 e. The summed E-state index contributed by atoms with van der Waals surface area (Å²) in [6.45, 7) is 4.11. The lowest BCUT2D eigenvalue weighted by molar-refractivity contribution is -0.128. The third kappa shape index (κ3) is 4.07. The second kappa shape index (κ2) is 8.36. The van der Waals surface area contributed by atoms with E-state index >= 15 is 0 Å². The van der Waals surface area contributed by atoms with Gasteiger partial charge in [0.25, 0.3) is 5.91 Å². The predicted octanol–water partition coefficient (Wildman–Crippen LogP) is 2.45. The molecule has 2 saturated heterocycles. The van der Waals surface area contributed by atoms with E-state index in [0.717, 1.165) is 25.2 Å². The van der Waals surface area contributed by atoms with Crippen LogP contribution in [-0.2, 0) is 4.79 Å². The van der Waals surface area contributed by atoms with E-state index in [4.69, 9.17) is 4.42 Å². The number of carbonyl (C=O) groups excluding carboxylic acids is 2. The predicted molar refractivity (Wildman–Crippen MR) is 104 cm³/mol. The Hall–Kier alpha value is -2.32. The zero-order valence-electron chi connectivity index (χ0n) is 15.4. The van der Waals surface area contributed by atoms with Crippen molar-refractivity contribution >= 4 is 23.6 Å². The molecule has 1 aromatic carbocycles. The van der Waals surface area contributed by atoms with E-state index in [0.29, 0.717) is 31.1 Å². The average Bonchev–Trinajstić information content (AvgIpc) is 3.36. The van der Waals surface area contributed by atoms with Gasteiger partial charge in [-0.2, -0.15) is 0 Å². The van der Waals surface area contributed by atoms with Crippen LogP contribution in [-0.4, -0.2) is 71.5 Å². The van der Waals surface area contributed by atoms with E-state index in [1.54, 1.807) is 23.1 Å². The van der Waals surface area contributed by atoms with Gasteiger partial charge in [-0.3, -0.25) is 14.5 Å². The summed E-state index contributed by atoms with van der Waals surface area (Å²) in [5, 5.41) is -0.134. The second-order valence-corrected chi connectivity index (χ2v) is 7.99. The van der Waals surface area contributed by atoms with E-state index in [2.05, 4.69) is 4.90 Å². The van der Waals surface area contributed by atoms with Gasteiger partial charge in [-0.1, -0.05) is 12.1 Å². The van der Waals surface area contributed by atoms with Crippen molar-refractivity contribution in [1.82, 2.24) is 14.7 Å². The van der Waals surface area contributed by atoms with Gasteiger partial charge in [-0.15, -0.1) is 11.8 Å². The molecule has 1 unspecified atom stereocenters. The first-order valence-electron chi connectivity index (χ1n) is 9.33. The van der Waals surface area contributed by atoms with Crippen LogP contribution in [0.15, 0.2) is 47.1 Å². The Morgan fingerprint density at radius 1 is 1.14 bits per heavy atom. The number of halogens is 1. The Kier molecular flexibility index (Phi) is 5.68. The molecule has 4 rings (SSSR count). The number of carbonyl (C=O) groups is 2. The van der Waals surface area contributed by atoms with Crippen LogP contribution >= 0.6 is 11.8 Å². The molecule has 0 aliphatic carbocycles. The zero-order valence-corrected chi connectivity index (χ0v) is 16.2. The number of nitrogens with zero attached hydrogens (tertiary/aromatic N) is 3. The molecule has 1 atom stereocenters. The lowest BCUT2D eigenvalue weighted by atomic mass is 10.2. The van der Waals surface area contributed by atoms with Crippen LogP contribution in [0.5, 0.6) is 0 Å². The third-order valence-electron chi connectivity index (χ3n) is 5.15. The fourth-order valence-corrected chi connectivity index (χ4v) is 4.82. The van der Waals surface area contributed by atoms with E-state index < -0.39 is 0 Å². The van der Waals surface area contributed by atoms with Crippen molar-refractivity contribution in [2.24, 2.45) is 0 Å². The Morgan fingerprint density at radius 3 is 2.68 bits per heavy atom. The molecule has 8 heteroatoms. The topological polar surface area (TPSA) is 57.0 Å². The molecule has 6 nitrogen and oxygen atoms in total. The van der Waals surface area contributed by atoms with Crippen LogP contribution in [0.2, 0.25) is 0 Å². The van der Waals surface area contributed by atoms with Gasteiger partial charge in [0, 0.05) is 39.3 Å². The lowest BCUT2D eigenvalue weighted by Gasteiger charge is -2.35. The first-order chi connectivity index (χ1) is 13.6. The summed E-state index contributed by atoms with van der Waals surface area (Å²) in [4.78, 5) is 30.5. The highest BCUT2D eigenvalue weighted by Crippen LogP contribution is 2.38. The maximum absolute atomic E-state index is 13.6. The van der Waals surface area contributed by atoms with E-state index in [1.807, 2.05) is 11.0 Å². The summed E-state index contributed by atoms with van der Waals surface area (Å²) in [6, 6.07) is 9.86. The van der Waals surface area contributed by atoms with Crippen LogP contribution in [0.4, 0.5) is 4.39 Å². The minimum absolute atomic E-state index is 0.0815. The van der Waals surface area contributed by atoms with Crippen molar-refractivity contribution in [3.63, 3.8) is 0 Å². The first-order valence-corrected chi connectivity index (χ1v) is 10.4. The molecule has 2 fully saturated rings. The van der Waals surface area contributed by atoms with E-state index in [9.17, 15) is 14.0 Å². The molecule has 2 aliphatic heterocycles. The monoisotopic (exact) mass is 403 g/mol. The minimum Gasteiger partial charge on any atom is -0.459 e. The lowest BCUT2D eigenvalue weighted by Crippen LogP contribution is -2.50. The summed E-state index contributed by atoms with van der Waals surface area (Å²) in [5.74, 6) is 0.515. The van der Waals surface area contributed by atoms with Crippen molar-refractivity contribution in [2.45, 2.75) is 5.37 Å². The molecule has 0 N–H and O–H groups in total. The fraction of sp³-hybridized carbons (Fsp3) is 0.400. The molecule has 0 spiro atoms. The molecule has 1 aromatic heterocycles. The highest BCUT2D eigenvalue weighted by atomic mass is 32.2. The summed E-state index contributed by atoms with van der Waals surface area (Å²) in [6.07, 6.45) is 1.50. The van der Waals surface area contributed by atoms with Gasteiger partial charge < -0.3 is 14.2 Å². The van der Waals surface area contributed by atoms with Gasteiger partial charge in [-0.05, 0) is 29.8 Å². The number of benzene rings is 1. The Bertz CT molecular complexity index is 837. The number of thioether (sulfide) groups is 1. The maximum atomic E-state index is 13.6. The SMILES string of the molecule is O=C(c1ccco1)N1CCN(CCN2C(=O)CSC2c2cccc(F)c2)CC1. The zero-order chi connectivity index (χ0) is 19.5. The Morgan fingerprint density at radius 2 is 1.96 bits per heavy atom.